The number of terminal acetylenes is 1. The normalized spacial score (nSPS) is 42.7. The lowest BCUT2D eigenvalue weighted by Gasteiger charge is -2.34. The van der Waals surface area contributed by atoms with Crippen LogP contribution in [0.2, 0.25) is 0 Å². The van der Waals surface area contributed by atoms with Crippen LogP contribution in [0.15, 0.2) is 0 Å². The second-order valence-electron chi connectivity index (χ2n) is 4.23. The van der Waals surface area contributed by atoms with Crippen molar-refractivity contribution >= 4 is 18.0 Å². The highest BCUT2D eigenvalue weighted by atomic mass is 32.2. The molecule has 0 aromatic rings. The average molecular weight is 194 g/mol. The van der Waals surface area contributed by atoms with Gasteiger partial charge in [-0.25, -0.2) is 0 Å². The first kappa shape index (κ1) is 9.15. The molecule has 2 rings (SSSR count). The van der Waals surface area contributed by atoms with Crippen molar-refractivity contribution in [3.8, 4) is 12.3 Å². The van der Waals surface area contributed by atoms with E-state index < -0.39 is 0 Å². The predicted octanol–water partition coefficient (Wildman–Crippen LogP) is 2.25. The van der Waals surface area contributed by atoms with Crippen LogP contribution in [-0.2, 0) is 4.79 Å². The summed E-state index contributed by atoms with van der Waals surface area (Å²) in [6.45, 7) is 0. The fraction of sp³-hybridized carbons (Fsp3) is 0.727. The van der Waals surface area contributed by atoms with E-state index >= 15 is 0 Å². The number of aldehydes is 1. The van der Waals surface area contributed by atoms with Gasteiger partial charge in [0.25, 0.3) is 0 Å². The minimum Gasteiger partial charge on any atom is -0.303 e. The van der Waals surface area contributed by atoms with Gasteiger partial charge in [0.15, 0.2) is 0 Å². The molecule has 0 aromatic carbocycles. The smallest absolute Gasteiger partial charge is 0.127 e. The van der Waals surface area contributed by atoms with Gasteiger partial charge >= 0.3 is 0 Å². The molecule has 0 spiro atoms. The summed E-state index contributed by atoms with van der Waals surface area (Å²) >= 11 is 2.07. The molecule has 0 N–H and O–H groups in total. The minimum absolute atomic E-state index is 0.161. The molecule has 70 valence electrons. The van der Waals surface area contributed by atoms with Crippen LogP contribution in [-0.4, -0.2) is 16.8 Å². The van der Waals surface area contributed by atoms with Gasteiger partial charge in [0, 0.05) is 22.3 Å². The van der Waals surface area contributed by atoms with Crippen molar-refractivity contribution in [2.24, 2.45) is 5.41 Å². The molecule has 2 unspecified atom stereocenters. The summed E-state index contributed by atoms with van der Waals surface area (Å²) in [7, 11) is 0. The van der Waals surface area contributed by atoms with Gasteiger partial charge < -0.3 is 4.79 Å². The predicted molar refractivity (Wildman–Crippen MR) is 55.6 cm³/mol. The van der Waals surface area contributed by atoms with Crippen LogP contribution >= 0.6 is 11.8 Å². The number of rotatable bonds is 2. The molecule has 13 heavy (non-hydrogen) atoms. The molecule has 0 amide bonds. The second-order valence-corrected chi connectivity index (χ2v) is 5.83. The lowest BCUT2D eigenvalue weighted by Crippen LogP contribution is -2.31. The minimum atomic E-state index is -0.161. The van der Waals surface area contributed by atoms with Crippen molar-refractivity contribution in [2.45, 2.75) is 42.6 Å². The van der Waals surface area contributed by atoms with Crippen molar-refractivity contribution < 1.29 is 4.79 Å². The Labute approximate surface area is 83.7 Å². The first-order valence-electron chi connectivity index (χ1n) is 4.83. The summed E-state index contributed by atoms with van der Waals surface area (Å²) in [6.07, 6.45) is 11.7. The zero-order chi connectivity index (χ0) is 9.31. The van der Waals surface area contributed by atoms with Crippen molar-refractivity contribution in [3.63, 3.8) is 0 Å². The van der Waals surface area contributed by atoms with Crippen LogP contribution in [0.5, 0.6) is 0 Å². The summed E-state index contributed by atoms with van der Waals surface area (Å²) in [5.74, 6) is 2.66. The van der Waals surface area contributed by atoms with Crippen LogP contribution in [0.3, 0.4) is 0 Å². The molecular weight excluding hydrogens is 180 g/mol. The maximum atomic E-state index is 11.1. The lowest BCUT2D eigenvalue weighted by molar-refractivity contribution is -0.116. The molecule has 2 bridgehead atoms. The van der Waals surface area contributed by atoms with E-state index in [-0.39, 0.29) is 5.41 Å². The summed E-state index contributed by atoms with van der Waals surface area (Å²) in [4.78, 5) is 11.1. The Bertz CT molecular complexity index is 241. The highest BCUT2D eigenvalue weighted by Crippen LogP contribution is 2.51. The van der Waals surface area contributed by atoms with Crippen LogP contribution in [0.25, 0.3) is 0 Å². The first-order chi connectivity index (χ1) is 6.28. The number of fused-ring (bicyclic) bond motifs is 2. The Morgan fingerprint density at radius 1 is 1.46 bits per heavy atom. The van der Waals surface area contributed by atoms with Gasteiger partial charge in [-0.15, -0.1) is 12.3 Å². The van der Waals surface area contributed by atoms with Gasteiger partial charge in [-0.3, -0.25) is 0 Å². The number of hydrogen-bond acceptors (Lipinski definition) is 2. The van der Waals surface area contributed by atoms with Crippen molar-refractivity contribution in [1.29, 1.82) is 0 Å². The Balaban J connectivity index is 2.14. The molecule has 2 atom stereocenters. The van der Waals surface area contributed by atoms with E-state index in [0.29, 0.717) is 16.9 Å². The molecule has 0 saturated carbocycles. The van der Waals surface area contributed by atoms with E-state index in [2.05, 4.69) is 17.7 Å². The summed E-state index contributed by atoms with van der Waals surface area (Å²) < 4.78 is 0. The lowest BCUT2D eigenvalue weighted by atomic mass is 9.78. The third-order valence-electron chi connectivity index (χ3n) is 3.17. The van der Waals surface area contributed by atoms with Gasteiger partial charge in [-0.1, -0.05) is 0 Å². The largest absolute Gasteiger partial charge is 0.303 e. The monoisotopic (exact) mass is 194 g/mol. The second kappa shape index (κ2) is 3.38. The average Bonchev–Trinajstić information content (AvgIpc) is 2.47. The topological polar surface area (TPSA) is 17.1 Å². The van der Waals surface area contributed by atoms with E-state index in [1.54, 1.807) is 0 Å². The van der Waals surface area contributed by atoms with Crippen molar-refractivity contribution in [1.82, 2.24) is 0 Å². The van der Waals surface area contributed by atoms with E-state index in [4.69, 9.17) is 6.42 Å². The fourth-order valence-corrected chi connectivity index (χ4v) is 4.50. The molecule has 0 aliphatic carbocycles. The standard InChI is InChI=1S/C11H14OS/c1-2-5-11(8-12)6-9-3-4-10(7-11)13-9/h1,8-10H,3-7H2. The molecule has 2 fully saturated rings. The highest BCUT2D eigenvalue weighted by Gasteiger charge is 2.43. The molecule has 2 aliphatic heterocycles. The van der Waals surface area contributed by atoms with Gasteiger partial charge in [-0.05, 0) is 25.7 Å². The summed E-state index contributed by atoms with van der Waals surface area (Å²) in [6, 6.07) is 0. The number of thioether (sulfide) groups is 1. The number of hydrogen-bond donors (Lipinski definition) is 0. The molecular formula is C11H14OS. The zero-order valence-corrected chi connectivity index (χ0v) is 8.48. The fourth-order valence-electron chi connectivity index (χ4n) is 2.56. The Morgan fingerprint density at radius 3 is 2.54 bits per heavy atom. The Morgan fingerprint density at radius 2 is 2.08 bits per heavy atom. The van der Waals surface area contributed by atoms with E-state index in [1.807, 2.05) is 0 Å². The van der Waals surface area contributed by atoms with Crippen LogP contribution < -0.4 is 0 Å². The Hall–Kier alpha value is -0.420. The molecule has 2 saturated heterocycles. The van der Waals surface area contributed by atoms with Crippen molar-refractivity contribution in [3.05, 3.63) is 0 Å². The van der Waals surface area contributed by atoms with E-state index in [1.165, 1.54) is 12.8 Å². The van der Waals surface area contributed by atoms with Gasteiger partial charge in [0.05, 0.1) is 0 Å². The van der Waals surface area contributed by atoms with Gasteiger partial charge in [0.1, 0.15) is 6.29 Å². The molecule has 0 aromatic heterocycles. The van der Waals surface area contributed by atoms with Gasteiger partial charge in [-0.2, -0.15) is 11.8 Å². The number of carbonyl (C=O) groups is 1. The SMILES string of the molecule is C#CCC1(C=O)CC2CCC(C1)S2. The molecule has 2 aliphatic rings. The van der Waals surface area contributed by atoms with E-state index in [0.717, 1.165) is 19.1 Å². The third-order valence-corrected chi connectivity index (χ3v) is 4.74. The Kier molecular flexibility index (Phi) is 2.38. The maximum absolute atomic E-state index is 11.1. The number of carbonyl (C=O) groups excluding carboxylic acids is 1. The first-order valence-corrected chi connectivity index (χ1v) is 5.77. The molecule has 2 heterocycles. The molecule has 0 radical (unpaired) electrons. The summed E-state index contributed by atoms with van der Waals surface area (Å²) in [5, 5.41) is 1.41. The van der Waals surface area contributed by atoms with E-state index in [9.17, 15) is 4.79 Å². The summed E-state index contributed by atoms with van der Waals surface area (Å²) in [5.41, 5.74) is -0.161. The van der Waals surface area contributed by atoms with Crippen LogP contribution in [0, 0.1) is 17.8 Å². The molecule has 1 nitrogen and oxygen atoms in total. The zero-order valence-electron chi connectivity index (χ0n) is 7.66. The maximum Gasteiger partial charge on any atom is 0.127 e. The quantitative estimate of drug-likeness (QED) is 0.495. The van der Waals surface area contributed by atoms with Gasteiger partial charge in [0.2, 0.25) is 0 Å². The highest BCUT2D eigenvalue weighted by molar-refractivity contribution is 8.00. The third kappa shape index (κ3) is 1.62. The van der Waals surface area contributed by atoms with Crippen LogP contribution in [0.4, 0.5) is 0 Å². The van der Waals surface area contributed by atoms with Crippen molar-refractivity contribution in [2.75, 3.05) is 0 Å². The van der Waals surface area contributed by atoms with Crippen LogP contribution in [0.1, 0.15) is 32.1 Å². The molecule has 2 heteroatoms.